The van der Waals surface area contributed by atoms with E-state index in [1.165, 1.54) is 0 Å². The van der Waals surface area contributed by atoms with Crippen molar-refractivity contribution < 1.29 is 4.74 Å². The van der Waals surface area contributed by atoms with E-state index in [-0.39, 0.29) is 0 Å². The average molecular weight is 274 g/mol. The van der Waals surface area contributed by atoms with Gasteiger partial charge in [-0.15, -0.1) is 0 Å². The van der Waals surface area contributed by atoms with E-state index in [0.717, 1.165) is 34.2 Å². The van der Waals surface area contributed by atoms with Crippen LogP contribution in [0.2, 0.25) is 0 Å². The van der Waals surface area contributed by atoms with Gasteiger partial charge in [0.1, 0.15) is 11.3 Å². The highest BCUT2D eigenvalue weighted by Crippen LogP contribution is 2.31. The predicted octanol–water partition coefficient (Wildman–Crippen LogP) is 2.61. The largest absolute Gasteiger partial charge is 0.494 e. The SMILES string of the molecule is COc1cccc2sc(NCCn3cccn3)nc12. The van der Waals surface area contributed by atoms with Gasteiger partial charge in [-0.3, -0.25) is 4.68 Å². The number of rotatable bonds is 5. The second-order valence-corrected chi connectivity index (χ2v) is 5.05. The number of anilines is 1. The third kappa shape index (κ3) is 2.53. The molecule has 0 bridgehead atoms. The van der Waals surface area contributed by atoms with Crippen LogP contribution >= 0.6 is 11.3 Å². The van der Waals surface area contributed by atoms with E-state index in [1.807, 2.05) is 35.1 Å². The van der Waals surface area contributed by atoms with E-state index in [2.05, 4.69) is 15.4 Å². The lowest BCUT2D eigenvalue weighted by Gasteiger charge is -2.02. The number of benzene rings is 1. The lowest BCUT2D eigenvalue weighted by atomic mass is 10.3. The minimum Gasteiger partial charge on any atom is -0.494 e. The number of nitrogens with zero attached hydrogens (tertiary/aromatic N) is 3. The molecule has 1 N–H and O–H groups in total. The molecule has 3 rings (SSSR count). The Morgan fingerprint density at radius 3 is 3.11 bits per heavy atom. The monoisotopic (exact) mass is 274 g/mol. The van der Waals surface area contributed by atoms with Gasteiger partial charge in [-0.25, -0.2) is 4.98 Å². The fourth-order valence-electron chi connectivity index (χ4n) is 1.87. The molecule has 6 heteroatoms. The highest BCUT2D eigenvalue weighted by molar-refractivity contribution is 7.22. The molecule has 2 heterocycles. The maximum atomic E-state index is 5.31. The van der Waals surface area contributed by atoms with Crippen LogP contribution in [0.15, 0.2) is 36.7 Å². The molecule has 0 saturated carbocycles. The number of nitrogens with one attached hydrogen (secondary N) is 1. The van der Waals surface area contributed by atoms with Gasteiger partial charge in [0.2, 0.25) is 0 Å². The van der Waals surface area contributed by atoms with Gasteiger partial charge in [0.25, 0.3) is 0 Å². The number of methoxy groups -OCH3 is 1. The summed E-state index contributed by atoms with van der Waals surface area (Å²) in [5, 5.41) is 8.38. The average Bonchev–Trinajstić information content (AvgIpc) is 3.06. The van der Waals surface area contributed by atoms with E-state index in [4.69, 9.17) is 4.74 Å². The summed E-state index contributed by atoms with van der Waals surface area (Å²) in [4.78, 5) is 4.56. The molecule has 5 nitrogen and oxygen atoms in total. The highest BCUT2D eigenvalue weighted by atomic mass is 32.1. The molecule has 3 aromatic rings. The lowest BCUT2D eigenvalue weighted by molar-refractivity contribution is 0.419. The quantitative estimate of drug-likeness (QED) is 0.777. The topological polar surface area (TPSA) is 52.0 Å². The molecule has 1 aromatic carbocycles. The molecule has 0 aliphatic heterocycles. The molecule has 0 aliphatic carbocycles. The number of thiazole rings is 1. The number of para-hydroxylation sites is 1. The van der Waals surface area contributed by atoms with Crippen molar-refractivity contribution >= 4 is 26.7 Å². The normalized spacial score (nSPS) is 10.8. The summed E-state index contributed by atoms with van der Waals surface area (Å²) in [7, 11) is 1.67. The zero-order valence-electron chi connectivity index (χ0n) is 10.5. The fraction of sp³-hybridized carbons (Fsp3) is 0.231. The van der Waals surface area contributed by atoms with Crippen LogP contribution in [0.25, 0.3) is 10.2 Å². The minimum absolute atomic E-state index is 0.795. The lowest BCUT2D eigenvalue weighted by Crippen LogP contribution is -2.10. The van der Waals surface area contributed by atoms with Crippen molar-refractivity contribution in [3.63, 3.8) is 0 Å². The van der Waals surface area contributed by atoms with E-state index in [9.17, 15) is 0 Å². The molecule has 2 aromatic heterocycles. The van der Waals surface area contributed by atoms with Crippen molar-refractivity contribution in [2.45, 2.75) is 6.54 Å². The maximum absolute atomic E-state index is 5.31. The summed E-state index contributed by atoms with van der Waals surface area (Å²) in [5.74, 6) is 0.814. The van der Waals surface area contributed by atoms with Crippen LogP contribution in [0.4, 0.5) is 5.13 Å². The smallest absolute Gasteiger partial charge is 0.183 e. The summed E-state index contributed by atoms with van der Waals surface area (Å²) in [5.41, 5.74) is 0.914. The first kappa shape index (κ1) is 12.0. The minimum atomic E-state index is 0.795. The molecular weight excluding hydrogens is 260 g/mol. The Hall–Kier alpha value is -2.08. The molecule has 0 atom stereocenters. The van der Waals surface area contributed by atoms with Crippen LogP contribution in [0.5, 0.6) is 5.75 Å². The second kappa shape index (κ2) is 5.27. The van der Waals surface area contributed by atoms with Gasteiger partial charge >= 0.3 is 0 Å². The number of ether oxygens (including phenoxy) is 1. The molecular formula is C13H14N4OS. The standard InChI is InChI=1S/C13H14N4OS/c1-18-10-4-2-5-11-12(10)16-13(19-11)14-7-9-17-8-3-6-15-17/h2-6,8H,7,9H2,1H3,(H,14,16). The second-order valence-electron chi connectivity index (χ2n) is 4.02. The molecule has 19 heavy (non-hydrogen) atoms. The first-order valence-corrected chi connectivity index (χ1v) is 6.83. The molecule has 0 aliphatic rings. The van der Waals surface area contributed by atoms with Gasteiger partial charge < -0.3 is 10.1 Å². The molecule has 0 saturated heterocycles. The fourth-order valence-corrected chi connectivity index (χ4v) is 2.78. The number of hydrogen-bond donors (Lipinski definition) is 1. The molecule has 0 unspecified atom stereocenters. The number of aromatic nitrogens is 3. The Morgan fingerprint density at radius 2 is 2.32 bits per heavy atom. The summed E-state index contributed by atoms with van der Waals surface area (Å²) >= 11 is 1.63. The Kier molecular flexibility index (Phi) is 3.33. The van der Waals surface area contributed by atoms with Gasteiger partial charge in [-0.1, -0.05) is 17.4 Å². The van der Waals surface area contributed by atoms with Gasteiger partial charge in [0, 0.05) is 18.9 Å². The van der Waals surface area contributed by atoms with Crippen LogP contribution in [0, 0.1) is 0 Å². The van der Waals surface area contributed by atoms with Crippen molar-refractivity contribution in [3.8, 4) is 5.75 Å². The molecule has 0 fully saturated rings. The van der Waals surface area contributed by atoms with Gasteiger partial charge in [-0.05, 0) is 18.2 Å². The third-order valence-electron chi connectivity index (χ3n) is 2.78. The van der Waals surface area contributed by atoms with Crippen molar-refractivity contribution in [1.82, 2.24) is 14.8 Å². The van der Waals surface area contributed by atoms with Crippen LogP contribution in [-0.4, -0.2) is 28.4 Å². The zero-order valence-corrected chi connectivity index (χ0v) is 11.4. The highest BCUT2D eigenvalue weighted by Gasteiger charge is 2.07. The van der Waals surface area contributed by atoms with E-state index in [0.29, 0.717) is 0 Å². The summed E-state index contributed by atoms with van der Waals surface area (Å²) < 4.78 is 8.32. The Bertz CT molecular complexity index is 662. The zero-order chi connectivity index (χ0) is 13.1. The maximum Gasteiger partial charge on any atom is 0.183 e. The van der Waals surface area contributed by atoms with Crippen molar-refractivity contribution in [3.05, 3.63) is 36.7 Å². The van der Waals surface area contributed by atoms with Crippen LogP contribution < -0.4 is 10.1 Å². The first-order chi connectivity index (χ1) is 9.36. The van der Waals surface area contributed by atoms with E-state index >= 15 is 0 Å². The van der Waals surface area contributed by atoms with Crippen LogP contribution in [-0.2, 0) is 6.54 Å². The molecule has 0 radical (unpaired) electrons. The van der Waals surface area contributed by atoms with Crippen molar-refractivity contribution in [2.75, 3.05) is 19.0 Å². The summed E-state index contributed by atoms with van der Waals surface area (Å²) in [6.07, 6.45) is 3.73. The van der Waals surface area contributed by atoms with Crippen molar-refractivity contribution in [1.29, 1.82) is 0 Å². The summed E-state index contributed by atoms with van der Waals surface area (Å²) in [6, 6.07) is 7.87. The van der Waals surface area contributed by atoms with E-state index < -0.39 is 0 Å². The predicted molar refractivity (Wildman–Crippen MR) is 76.9 cm³/mol. The Balaban J connectivity index is 1.71. The first-order valence-electron chi connectivity index (χ1n) is 6.01. The molecule has 98 valence electrons. The Labute approximate surface area is 114 Å². The molecule has 0 amide bonds. The van der Waals surface area contributed by atoms with E-state index in [1.54, 1.807) is 24.6 Å². The van der Waals surface area contributed by atoms with Crippen LogP contribution in [0.1, 0.15) is 0 Å². The number of hydrogen-bond acceptors (Lipinski definition) is 5. The van der Waals surface area contributed by atoms with Gasteiger partial charge in [0.15, 0.2) is 5.13 Å². The summed E-state index contributed by atoms with van der Waals surface area (Å²) in [6.45, 7) is 1.61. The number of fused-ring (bicyclic) bond motifs is 1. The third-order valence-corrected chi connectivity index (χ3v) is 3.76. The van der Waals surface area contributed by atoms with Gasteiger partial charge in [-0.2, -0.15) is 5.10 Å². The molecule has 0 spiro atoms. The Morgan fingerprint density at radius 1 is 1.37 bits per heavy atom. The van der Waals surface area contributed by atoms with Crippen molar-refractivity contribution in [2.24, 2.45) is 0 Å². The van der Waals surface area contributed by atoms with Crippen LogP contribution in [0.3, 0.4) is 0 Å². The van der Waals surface area contributed by atoms with Gasteiger partial charge in [0.05, 0.1) is 18.4 Å².